The SMILES string of the molecule is CCOc1cc2occ(-c3ccc(C)cc3)c2cc1/C(C)=C/C(=O)NCc1ccco1. The Morgan fingerprint density at radius 2 is 1.94 bits per heavy atom. The van der Waals surface area contributed by atoms with E-state index >= 15 is 0 Å². The Labute approximate surface area is 181 Å². The monoisotopic (exact) mass is 415 g/mol. The first-order valence-corrected chi connectivity index (χ1v) is 10.3. The highest BCUT2D eigenvalue weighted by molar-refractivity contribution is 6.00. The summed E-state index contributed by atoms with van der Waals surface area (Å²) >= 11 is 0. The van der Waals surface area contributed by atoms with Crippen LogP contribution in [0.2, 0.25) is 0 Å². The number of benzene rings is 2. The number of carbonyl (C=O) groups is 1. The van der Waals surface area contributed by atoms with Gasteiger partial charge in [0.15, 0.2) is 0 Å². The number of hydrogen-bond donors (Lipinski definition) is 1. The van der Waals surface area contributed by atoms with Crippen LogP contribution in [0.15, 0.2) is 76.0 Å². The normalized spacial score (nSPS) is 11.6. The Bertz CT molecular complexity index is 1210. The van der Waals surface area contributed by atoms with Gasteiger partial charge in [-0.2, -0.15) is 0 Å². The summed E-state index contributed by atoms with van der Waals surface area (Å²) < 4.78 is 16.9. The molecule has 0 aliphatic rings. The van der Waals surface area contributed by atoms with Gasteiger partial charge in [0.2, 0.25) is 5.91 Å². The molecule has 1 amide bonds. The van der Waals surface area contributed by atoms with E-state index in [0.29, 0.717) is 24.7 Å². The standard InChI is InChI=1S/C26H25NO4/c1-4-29-24-14-25-22(23(16-31-25)19-9-7-17(2)8-10-19)13-21(24)18(3)12-26(28)27-15-20-6-5-11-30-20/h5-14,16H,4,15H2,1-3H3,(H,27,28)/b18-12+. The van der Waals surface area contributed by atoms with E-state index < -0.39 is 0 Å². The summed E-state index contributed by atoms with van der Waals surface area (Å²) in [5.74, 6) is 1.20. The average molecular weight is 415 g/mol. The average Bonchev–Trinajstić information content (AvgIpc) is 3.42. The van der Waals surface area contributed by atoms with Crippen molar-refractivity contribution in [1.29, 1.82) is 0 Å². The lowest BCUT2D eigenvalue weighted by atomic mass is 9.99. The third kappa shape index (κ3) is 4.56. The number of ether oxygens (including phenoxy) is 1. The van der Waals surface area contributed by atoms with E-state index in [1.54, 1.807) is 24.7 Å². The zero-order chi connectivity index (χ0) is 21.8. The molecule has 1 N–H and O–H groups in total. The predicted octanol–water partition coefficient (Wildman–Crippen LogP) is 6.12. The molecule has 4 aromatic rings. The number of furan rings is 2. The number of amides is 1. The van der Waals surface area contributed by atoms with Crippen molar-refractivity contribution in [3.05, 3.63) is 84.0 Å². The van der Waals surface area contributed by atoms with Crippen LogP contribution in [-0.2, 0) is 11.3 Å². The molecule has 0 aliphatic carbocycles. The zero-order valence-electron chi connectivity index (χ0n) is 17.9. The molecule has 0 saturated heterocycles. The number of hydrogen-bond acceptors (Lipinski definition) is 4. The molecule has 4 rings (SSSR count). The van der Waals surface area contributed by atoms with Gasteiger partial charge >= 0.3 is 0 Å². The minimum atomic E-state index is -0.192. The number of fused-ring (bicyclic) bond motifs is 1. The molecule has 5 heteroatoms. The fourth-order valence-corrected chi connectivity index (χ4v) is 3.51. The third-order valence-electron chi connectivity index (χ3n) is 5.13. The van der Waals surface area contributed by atoms with Crippen molar-refractivity contribution < 1.29 is 18.4 Å². The van der Waals surface area contributed by atoms with Crippen molar-refractivity contribution in [1.82, 2.24) is 5.32 Å². The largest absolute Gasteiger partial charge is 0.493 e. The van der Waals surface area contributed by atoms with E-state index in [1.165, 1.54) is 5.56 Å². The summed E-state index contributed by atoms with van der Waals surface area (Å²) in [6.45, 7) is 6.76. The predicted molar refractivity (Wildman–Crippen MR) is 122 cm³/mol. The molecule has 2 heterocycles. The van der Waals surface area contributed by atoms with Gasteiger partial charge in [0.1, 0.15) is 17.1 Å². The molecule has 0 saturated carbocycles. The van der Waals surface area contributed by atoms with Gasteiger partial charge in [0.05, 0.1) is 25.7 Å². The van der Waals surface area contributed by atoms with Crippen LogP contribution in [0.1, 0.15) is 30.7 Å². The molecule has 5 nitrogen and oxygen atoms in total. The summed E-state index contributed by atoms with van der Waals surface area (Å²) in [7, 11) is 0. The van der Waals surface area contributed by atoms with Crippen LogP contribution in [0.4, 0.5) is 0 Å². The van der Waals surface area contributed by atoms with Gasteiger partial charge < -0.3 is 18.9 Å². The maximum absolute atomic E-state index is 12.4. The molecule has 0 atom stereocenters. The Kier molecular flexibility index (Phi) is 5.94. The van der Waals surface area contributed by atoms with Crippen LogP contribution in [-0.4, -0.2) is 12.5 Å². The van der Waals surface area contributed by atoms with E-state index in [4.69, 9.17) is 13.6 Å². The highest BCUT2D eigenvalue weighted by atomic mass is 16.5. The smallest absolute Gasteiger partial charge is 0.244 e. The van der Waals surface area contributed by atoms with Crippen LogP contribution >= 0.6 is 0 Å². The molecule has 0 spiro atoms. The van der Waals surface area contributed by atoms with Crippen LogP contribution in [0.25, 0.3) is 27.7 Å². The lowest BCUT2D eigenvalue weighted by Crippen LogP contribution is -2.20. The Hall–Kier alpha value is -3.73. The van der Waals surface area contributed by atoms with Crippen LogP contribution in [0.3, 0.4) is 0 Å². The molecule has 0 bridgehead atoms. The maximum Gasteiger partial charge on any atom is 0.244 e. The van der Waals surface area contributed by atoms with Gasteiger partial charge in [0.25, 0.3) is 0 Å². The molecule has 0 aliphatic heterocycles. The van der Waals surface area contributed by atoms with E-state index in [1.807, 2.05) is 32.0 Å². The minimum Gasteiger partial charge on any atom is -0.493 e. The Balaban J connectivity index is 1.68. The number of allylic oxidation sites excluding steroid dienone is 1. The first-order valence-electron chi connectivity index (χ1n) is 10.3. The van der Waals surface area contributed by atoms with Gasteiger partial charge in [-0.05, 0) is 50.1 Å². The van der Waals surface area contributed by atoms with Crippen molar-refractivity contribution in [2.75, 3.05) is 6.61 Å². The molecule has 0 unspecified atom stereocenters. The van der Waals surface area contributed by atoms with Crippen molar-refractivity contribution >= 4 is 22.4 Å². The first-order chi connectivity index (χ1) is 15.0. The van der Waals surface area contributed by atoms with Gasteiger partial charge in [-0.1, -0.05) is 29.8 Å². The molecular formula is C26H25NO4. The second-order valence-corrected chi connectivity index (χ2v) is 7.42. The second-order valence-electron chi connectivity index (χ2n) is 7.42. The summed E-state index contributed by atoms with van der Waals surface area (Å²) in [6, 6.07) is 15.9. The molecular weight excluding hydrogens is 390 g/mol. The fourth-order valence-electron chi connectivity index (χ4n) is 3.51. The molecule has 158 valence electrons. The van der Waals surface area contributed by atoms with Gasteiger partial charge in [-0.3, -0.25) is 4.79 Å². The van der Waals surface area contributed by atoms with E-state index in [0.717, 1.165) is 33.2 Å². The maximum atomic E-state index is 12.4. The molecule has 0 radical (unpaired) electrons. The van der Waals surface area contributed by atoms with E-state index in [-0.39, 0.29) is 5.91 Å². The number of aryl methyl sites for hydroxylation is 1. The molecule has 2 aromatic heterocycles. The highest BCUT2D eigenvalue weighted by Gasteiger charge is 2.15. The van der Waals surface area contributed by atoms with Crippen LogP contribution in [0, 0.1) is 6.92 Å². The van der Waals surface area contributed by atoms with Crippen LogP contribution in [0.5, 0.6) is 5.75 Å². The fraction of sp³-hybridized carbons (Fsp3) is 0.192. The number of carbonyl (C=O) groups excluding carboxylic acids is 1. The first kappa shape index (κ1) is 20.5. The summed E-state index contributed by atoms with van der Waals surface area (Å²) in [5, 5.41) is 3.82. The lowest BCUT2D eigenvalue weighted by Gasteiger charge is -2.12. The van der Waals surface area contributed by atoms with Crippen molar-refractivity contribution in [3.8, 4) is 16.9 Å². The van der Waals surface area contributed by atoms with E-state index in [2.05, 4.69) is 36.5 Å². The van der Waals surface area contributed by atoms with Crippen molar-refractivity contribution in [2.24, 2.45) is 0 Å². The Morgan fingerprint density at radius 1 is 1.13 bits per heavy atom. The Morgan fingerprint density at radius 3 is 2.65 bits per heavy atom. The van der Waals surface area contributed by atoms with Crippen molar-refractivity contribution in [2.45, 2.75) is 27.3 Å². The van der Waals surface area contributed by atoms with E-state index in [9.17, 15) is 4.79 Å². The summed E-state index contributed by atoms with van der Waals surface area (Å²) in [5.41, 5.74) is 5.70. The number of nitrogens with one attached hydrogen (secondary N) is 1. The van der Waals surface area contributed by atoms with Gasteiger partial charge in [-0.25, -0.2) is 0 Å². The minimum absolute atomic E-state index is 0.192. The number of rotatable bonds is 7. The topological polar surface area (TPSA) is 64.6 Å². The highest BCUT2D eigenvalue weighted by Crippen LogP contribution is 2.37. The lowest BCUT2D eigenvalue weighted by molar-refractivity contribution is -0.116. The van der Waals surface area contributed by atoms with Crippen molar-refractivity contribution in [3.63, 3.8) is 0 Å². The van der Waals surface area contributed by atoms with Gasteiger partial charge in [-0.15, -0.1) is 0 Å². The third-order valence-corrected chi connectivity index (χ3v) is 5.13. The quantitative estimate of drug-likeness (QED) is 0.369. The molecule has 31 heavy (non-hydrogen) atoms. The summed E-state index contributed by atoms with van der Waals surface area (Å²) in [6.07, 6.45) is 4.94. The molecule has 2 aromatic carbocycles. The van der Waals surface area contributed by atoms with Gasteiger partial charge in [0, 0.05) is 28.7 Å². The molecule has 0 fully saturated rings. The zero-order valence-corrected chi connectivity index (χ0v) is 17.9. The van der Waals surface area contributed by atoms with Crippen LogP contribution < -0.4 is 10.1 Å². The summed E-state index contributed by atoms with van der Waals surface area (Å²) in [4.78, 5) is 12.4. The second kappa shape index (κ2) is 8.96.